The first-order valence-electron chi connectivity index (χ1n) is 9.82. The molecule has 4 bridgehead atoms. The second kappa shape index (κ2) is 6.04. The predicted molar refractivity (Wildman–Crippen MR) is 92.4 cm³/mol. The monoisotopic (exact) mass is 361 g/mol. The third-order valence-corrected chi connectivity index (χ3v) is 6.68. The van der Waals surface area contributed by atoms with Crippen molar-refractivity contribution in [2.75, 3.05) is 26.3 Å². The first kappa shape index (κ1) is 16.7. The fourth-order valence-electron chi connectivity index (χ4n) is 6.14. The van der Waals surface area contributed by atoms with Gasteiger partial charge in [0, 0.05) is 24.7 Å². The van der Waals surface area contributed by atoms with Gasteiger partial charge in [-0.2, -0.15) is 0 Å². The van der Waals surface area contributed by atoms with Gasteiger partial charge in [0.25, 0.3) is 5.91 Å². The van der Waals surface area contributed by atoms with E-state index in [2.05, 4.69) is 15.4 Å². The van der Waals surface area contributed by atoms with E-state index >= 15 is 0 Å². The second-order valence-electron chi connectivity index (χ2n) is 8.99. The van der Waals surface area contributed by atoms with Gasteiger partial charge in [-0.3, -0.25) is 9.69 Å². The molecule has 2 unspecified atom stereocenters. The highest BCUT2D eigenvalue weighted by Gasteiger charge is 2.57. The number of amides is 1. The summed E-state index contributed by atoms with van der Waals surface area (Å²) in [4.78, 5) is 15.0. The minimum Gasteiger partial charge on any atom is -0.390 e. The molecule has 2 N–H and O–H groups in total. The molecule has 5 fully saturated rings. The van der Waals surface area contributed by atoms with Crippen LogP contribution in [0.1, 0.15) is 54.8 Å². The van der Waals surface area contributed by atoms with Gasteiger partial charge in [0.2, 0.25) is 0 Å². The van der Waals surface area contributed by atoms with Gasteiger partial charge < -0.3 is 19.7 Å². The molecule has 0 radical (unpaired) electrons. The van der Waals surface area contributed by atoms with E-state index in [0.717, 1.165) is 52.0 Å². The summed E-state index contributed by atoms with van der Waals surface area (Å²) in [6, 6.07) is 1.75. The van der Waals surface area contributed by atoms with Crippen LogP contribution in [0.3, 0.4) is 0 Å². The van der Waals surface area contributed by atoms with Crippen molar-refractivity contribution in [2.45, 2.75) is 56.2 Å². The zero-order valence-corrected chi connectivity index (χ0v) is 15.1. The number of carbonyl (C=O) groups excluding carboxylic acids is 1. The summed E-state index contributed by atoms with van der Waals surface area (Å²) < 4.78 is 10.7. The average molecular weight is 361 g/mol. The van der Waals surface area contributed by atoms with Crippen molar-refractivity contribution in [1.82, 2.24) is 15.4 Å². The van der Waals surface area contributed by atoms with Gasteiger partial charge in [0.1, 0.15) is 0 Å². The Kier molecular flexibility index (Phi) is 3.88. The Morgan fingerprint density at radius 1 is 1.27 bits per heavy atom. The molecule has 1 aliphatic heterocycles. The Balaban J connectivity index is 1.26. The number of rotatable bonds is 4. The number of nitrogens with one attached hydrogen (secondary N) is 1. The van der Waals surface area contributed by atoms with Gasteiger partial charge in [-0.15, -0.1) is 0 Å². The summed E-state index contributed by atoms with van der Waals surface area (Å²) >= 11 is 0. The molecular weight excluding hydrogens is 334 g/mol. The average Bonchev–Trinajstić information content (AvgIpc) is 3.01. The summed E-state index contributed by atoms with van der Waals surface area (Å²) in [5.74, 6) is 1.61. The number of morpholine rings is 1. The van der Waals surface area contributed by atoms with Gasteiger partial charge in [0.05, 0.1) is 25.4 Å². The standard InChI is InChI=1S/C19H27N3O4/c23-17(16-6-15(26-21-16)11-22-1-3-25-4-2-22)20-18-7-13-5-14(8-18)10-19(24,9-13)12-18/h6,13-14,24H,1-5,7-12H2,(H,20,23). The number of aromatic nitrogens is 1. The Morgan fingerprint density at radius 2 is 2.00 bits per heavy atom. The zero-order valence-electron chi connectivity index (χ0n) is 15.1. The van der Waals surface area contributed by atoms with Crippen molar-refractivity contribution in [3.05, 3.63) is 17.5 Å². The van der Waals surface area contributed by atoms with Crippen molar-refractivity contribution in [1.29, 1.82) is 0 Å². The largest absolute Gasteiger partial charge is 0.390 e. The van der Waals surface area contributed by atoms with Crippen molar-refractivity contribution in [2.24, 2.45) is 11.8 Å². The number of hydrogen-bond acceptors (Lipinski definition) is 6. The van der Waals surface area contributed by atoms with E-state index < -0.39 is 5.60 Å². The first-order chi connectivity index (χ1) is 12.5. The van der Waals surface area contributed by atoms with Gasteiger partial charge >= 0.3 is 0 Å². The van der Waals surface area contributed by atoms with Crippen LogP contribution in [0.4, 0.5) is 0 Å². The van der Waals surface area contributed by atoms with Gasteiger partial charge in [0.15, 0.2) is 11.5 Å². The molecule has 1 aromatic rings. The maximum absolute atomic E-state index is 12.8. The number of aliphatic hydroxyl groups is 1. The van der Waals surface area contributed by atoms with Crippen LogP contribution in [0.5, 0.6) is 0 Å². The molecule has 2 heterocycles. The summed E-state index contributed by atoms with van der Waals surface area (Å²) in [7, 11) is 0. The second-order valence-corrected chi connectivity index (χ2v) is 8.99. The lowest BCUT2D eigenvalue weighted by Gasteiger charge is -2.60. The molecule has 1 amide bonds. The maximum Gasteiger partial charge on any atom is 0.273 e. The third-order valence-electron chi connectivity index (χ3n) is 6.68. The molecule has 142 valence electrons. The van der Waals surface area contributed by atoms with Crippen molar-refractivity contribution < 1.29 is 19.2 Å². The van der Waals surface area contributed by atoms with Crippen LogP contribution in [-0.4, -0.2) is 58.5 Å². The lowest BCUT2D eigenvalue weighted by Crippen LogP contribution is -2.65. The summed E-state index contributed by atoms with van der Waals surface area (Å²) in [5, 5.41) is 18.1. The minimum absolute atomic E-state index is 0.174. The topological polar surface area (TPSA) is 87.8 Å². The molecule has 1 aromatic heterocycles. The van der Waals surface area contributed by atoms with Crippen LogP contribution in [0, 0.1) is 11.8 Å². The highest BCUT2D eigenvalue weighted by atomic mass is 16.5. The predicted octanol–water partition coefficient (Wildman–Crippen LogP) is 1.32. The summed E-state index contributed by atoms with van der Waals surface area (Å²) in [6.07, 6.45) is 5.64. The number of ether oxygens (including phenoxy) is 1. The molecule has 7 nitrogen and oxygen atoms in total. The molecule has 4 aliphatic carbocycles. The van der Waals surface area contributed by atoms with Gasteiger partial charge in [-0.25, -0.2) is 0 Å². The van der Waals surface area contributed by atoms with Crippen LogP contribution in [0.2, 0.25) is 0 Å². The van der Waals surface area contributed by atoms with Crippen LogP contribution in [0.15, 0.2) is 10.6 Å². The smallest absolute Gasteiger partial charge is 0.273 e. The van der Waals surface area contributed by atoms with E-state index in [9.17, 15) is 9.90 Å². The van der Waals surface area contributed by atoms with Crippen molar-refractivity contribution >= 4 is 5.91 Å². The highest BCUT2D eigenvalue weighted by Crippen LogP contribution is 2.57. The summed E-state index contributed by atoms with van der Waals surface area (Å²) in [5.41, 5.74) is -0.502. The van der Waals surface area contributed by atoms with Crippen LogP contribution in [-0.2, 0) is 11.3 Å². The van der Waals surface area contributed by atoms with E-state index in [1.54, 1.807) is 6.07 Å². The molecule has 0 spiro atoms. The van der Waals surface area contributed by atoms with Crippen LogP contribution >= 0.6 is 0 Å². The van der Waals surface area contributed by atoms with Crippen molar-refractivity contribution in [3.8, 4) is 0 Å². The maximum atomic E-state index is 12.8. The molecule has 26 heavy (non-hydrogen) atoms. The van der Waals surface area contributed by atoms with Crippen LogP contribution < -0.4 is 5.32 Å². The van der Waals surface area contributed by atoms with Gasteiger partial charge in [-0.05, 0) is 50.4 Å². The Bertz CT molecular complexity index is 683. The van der Waals surface area contributed by atoms with E-state index in [1.165, 1.54) is 6.42 Å². The van der Waals surface area contributed by atoms with Crippen molar-refractivity contribution in [3.63, 3.8) is 0 Å². The lowest BCUT2D eigenvalue weighted by atomic mass is 9.51. The third kappa shape index (κ3) is 3.06. The Morgan fingerprint density at radius 3 is 2.69 bits per heavy atom. The summed E-state index contributed by atoms with van der Waals surface area (Å²) in [6.45, 7) is 3.85. The zero-order chi connectivity index (χ0) is 17.8. The number of carbonyl (C=O) groups is 1. The fraction of sp³-hybridized carbons (Fsp3) is 0.789. The highest BCUT2D eigenvalue weighted by molar-refractivity contribution is 5.92. The first-order valence-corrected chi connectivity index (χ1v) is 9.82. The molecule has 5 aliphatic rings. The molecular formula is C19H27N3O4. The molecule has 4 saturated carbocycles. The SMILES string of the molecule is O=C(NC12CC3CC(CC(O)(C3)C1)C2)c1cc(CN2CCOCC2)on1. The number of hydrogen-bond donors (Lipinski definition) is 2. The lowest BCUT2D eigenvalue weighted by molar-refractivity contribution is -0.139. The minimum atomic E-state index is -0.581. The molecule has 7 heteroatoms. The molecule has 1 saturated heterocycles. The van der Waals surface area contributed by atoms with E-state index in [-0.39, 0.29) is 11.4 Å². The molecule has 6 rings (SSSR count). The molecule has 2 atom stereocenters. The Labute approximate surface area is 153 Å². The normalized spacial score (nSPS) is 39.3. The van der Waals surface area contributed by atoms with E-state index in [1.807, 2.05) is 0 Å². The van der Waals surface area contributed by atoms with E-state index in [0.29, 0.717) is 36.3 Å². The van der Waals surface area contributed by atoms with Gasteiger partial charge in [-0.1, -0.05) is 5.16 Å². The fourth-order valence-corrected chi connectivity index (χ4v) is 6.14. The Hall–Kier alpha value is -1.44. The van der Waals surface area contributed by atoms with E-state index in [4.69, 9.17) is 9.26 Å². The van der Waals surface area contributed by atoms with Crippen LogP contribution in [0.25, 0.3) is 0 Å². The molecule has 0 aromatic carbocycles. The quantitative estimate of drug-likeness (QED) is 0.841. The number of nitrogens with zero attached hydrogens (tertiary/aromatic N) is 2.